The van der Waals surface area contributed by atoms with Crippen LogP contribution in [0.5, 0.6) is 0 Å². The zero-order chi connectivity index (χ0) is 21.6. The Kier molecular flexibility index (Phi) is 5.93. The van der Waals surface area contributed by atoms with Crippen LogP contribution in [0.25, 0.3) is 6.08 Å². The molecule has 4 rings (SSSR count). The summed E-state index contributed by atoms with van der Waals surface area (Å²) in [4.78, 5) is 37.7. The molecule has 2 aromatic carbocycles. The quantitative estimate of drug-likeness (QED) is 0.587. The van der Waals surface area contributed by atoms with Crippen LogP contribution in [0.4, 0.5) is 17.1 Å². The summed E-state index contributed by atoms with van der Waals surface area (Å²) in [5.41, 5.74) is 2.94. The Labute approximate surface area is 179 Å². The van der Waals surface area contributed by atoms with E-state index in [9.17, 15) is 14.4 Å². The van der Waals surface area contributed by atoms with Crippen molar-refractivity contribution in [2.24, 2.45) is 0 Å². The Balaban J connectivity index is 1.30. The molecule has 31 heavy (non-hydrogen) atoms. The van der Waals surface area contributed by atoms with Crippen molar-refractivity contribution in [1.82, 2.24) is 0 Å². The van der Waals surface area contributed by atoms with Gasteiger partial charge in [0.15, 0.2) is 5.76 Å². The summed E-state index contributed by atoms with van der Waals surface area (Å²) in [6.07, 6.45) is 6.08. The van der Waals surface area contributed by atoms with Crippen molar-refractivity contribution >= 4 is 40.9 Å². The van der Waals surface area contributed by atoms with Gasteiger partial charge in [0.25, 0.3) is 5.91 Å². The second kappa shape index (κ2) is 9.13. The summed E-state index contributed by atoms with van der Waals surface area (Å²) in [5, 5.41) is 5.49. The smallest absolute Gasteiger partial charge is 0.291 e. The highest BCUT2D eigenvalue weighted by atomic mass is 16.3. The minimum Gasteiger partial charge on any atom is -0.459 e. The molecular weight excluding hydrogens is 394 g/mol. The minimum absolute atomic E-state index is 0.147. The van der Waals surface area contributed by atoms with Gasteiger partial charge in [0, 0.05) is 36.1 Å². The fourth-order valence-corrected chi connectivity index (χ4v) is 3.28. The van der Waals surface area contributed by atoms with E-state index >= 15 is 0 Å². The molecule has 3 aromatic rings. The largest absolute Gasteiger partial charge is 0.459 e. The van der Waals surface area contributed by atoms with E-state index in [1.807, 2.05) is 24.3 Å². The van der Waals surface area contributed by atoms with Crippen molar-refractivity contribution in [3.05, 3.63) is 84.3 Å². The number of benzene rings is 2. The second-order valence-electron chi connectivity index (χ2n) is 7.07. The summed E-state index contributed by atoms with van der Waals surface area (Å²) in [7, 11) is 0. The van der Waals surface area contributed by atoms with Crippen molar-refractivity contribution in [3.63, 3.8) is 0 Å². The van der Waals surface area contributed by atoms with Crippen LogP contribution in [-0.4, -0.2) is 24.3 Å². The van der Waals surface area contributed by atoms with E-state index in [0.717, 1.165) is 24.2 Å². The van der Waals surface area contributed by atoms with Crippen LogP contribution in [0.15, 0.2) is 77.4 Å². The predicted molar refractivity (Wildman–Crippen MR) is 119 cm³/mol. The van der Waals surface area contributed by atoms with E-state index < -0.39 is 0 Å². The van der Waals surface area contributed by atoms with Crippen LogP contribution >= 0.6 is 0 Å². The van der Waals surface area contributed by atoms with Gasteiger partial charge in [-0.3, -0.25) is 14.4 Å². The summed E-state index contributed by atoms with van der Waals surface area (Å²) in [6, 6.07) is 17.5. The maximum absolute atomic E-state index is 12.2. The third-order valence-electron chi connectivity index (χ3n) is 4.86. The number of carbonyl (C=O) groups is 3. The molecule has 0 saturated carbocycles. The van der Waals surface area contributed by atoms with Crippen molar-refractivity contribution in [2.45, 2.75) is 12.8 Å². The molecule has 2 N–H and O–H groups in total. The maximum Gasteiger partial charge on any atom is 0.291 e. The van der Waals surface area contributed by atoms with Gasteiger partial charge in [-0.1, -0.05) is 12.1 Å². The summed E-state index contributed by atoms with van der Waals surface area (Å²) < 4.78 is 5.05. The Hall–Kier alpha value is -4.13. The first-order valence-corrected chi connectivity index (χ1v) is 9.93. The van der Waals surface area contributed by atoms with Gasteiger partial charge in [0.05, 0.1) is 6.26 Å². The normalized spacial score (nSPS) is 13.5. The number of furan rings is 1. The molecule has 0 unspecified atom stereocenters. The van der Waals surface area contributed by atoms with Crippen molar-refractivity contribution < 1.29 is 18.8 Å². The predicted octanol–water partition coefficient (Wildman–Crippen LogP) is 4.31. The fraction of sp³-hybridized carbons (Fsp3) is 0.125. The molecule has 1 aromatic heterocycles. The molecule has 0 atom stereocenters. The van der Waals surface area contributed by atoms with Crippen LogP contribution in [0.3, 0.4) is 0 Å². The molecule has 7 nitrogen and oxygen atoms in total. The molecule has 2 heterocycles. The lowest BCUT2D eigenvalue weighted by Crippen LogP contribution is -2.23. The van der Waals surface area contributed by atoms with Crippen LogP contribution in [0.1, 0.15) is 29.0 Å². The molecule has 1 saturated heterocycles. The Morgan fingerprint density at radius 2 is 1.65 bits per heavy atom. The Bertz CT molecular complexity index is 1100. The maximum atomic E-state index is 12.2. The lowest BCUT2D eigenvalue weighted by Gasteiger charge is -2.15. The van der Waals surface area contributed by atoms with Gasteiger partial charge in [-0.05, 0) is 66.6 Å². The van der Waals surface area contributed by atoms with Crippen LogP contribution in [0.2, 0.25) is 0 Å². The van der Waals surface area contributed by atoms with E-state index in [4.69, 9.17) is 4.42 Å². The van der Waals surface area contributed by atoms with E-state index in [2.05, 4.69) is 10.6 Å². The van der Waals surface area contributed by atoms with Gasteiger partial charge in [-0.2, -0.15) is 0 Å². The number of nitrogens with one attached hydrogen (secondary N) is 2. The van der Waals surface area contributed by atoms with E-state index in [0.29, 0.717) is 17.8 Å². The highest BCUT2D eigenvalue weighted by Gasteiger charge is 2.21. The Morgan fingerprint density at radius 1 is 0.935 bits per heavy atom. The summed E-state index contributed by atoms with van der Waals surface area (Å²) in [5.74, 6) is -0.243. The number of amides is 3. The molecule has 7 heteroatoms. The van der Waals surface area contributed by atoms with Gasteiger partial charge in [-0.25, -0.2) is 0 Å². The monoisotopic (exact) mass is 415 g/mol. The van der Waals surface area contributed by atoms with Crippen LogP contribution in [0, 0.1) is 0 Å². The molecule has 156 valence electrons. The summed E-state index contributed by atoms with van der Waals surface area (Å²) in [6.45, 7) is 0.752. The first-order chi connectivity index (χ1) is 15.1. The lowest BCUT2D eigenvalue weighted by atomic mass is 10.2. The van der Waals surface area contributed by atoms with E-state index in [1.54, 1.807) is 47.4 Å². The molecule has 1 aliphatic heterocycles. The van der Waals surface area contributed by atoms with Crippen molar-refractivity contribution in [3.8, 4) is 0 Å². The van der Waals surface area contributed by atoms with Gasteiger partial charge >= 0.3 is 0 Å². The highest BCUT2D eigenvalue weighted by Crippen LogP contribution is 2.22. The average molecular weight is 415 g/mol. The SMILES string of the molecule is O=C(/C=C/c1ccc(N2CCCC2=O)cc1)Nc1ccc(NC(=O)c2ccco2)cc1. The Morgan fingerprint density at radius 3 is 2.26 bits per heavy atom. The van der Waals surface area contributed by atoms with Crippen molar-refractivity contribution in [1.29, 1.82) is 0 Å². The first kappa shape index (κ1) is 20.2. The zero-order valence-electron chi connectivity index (χ0n) is 16.7. The number of carbonyl (C=O) groups excluding carboxylic acids is 3. The average Bonchev–Trinajstić information content (AvgIpc) is 3.46. The number of hydrogen-bond acceptors (Lipinski definition) is 4. The van der Waals surface area contributed by atoms with Crippen LogP contribution < -0.4 is 15.5 Å². The van der Waals surface area contributed by atoms with Crippen LogP contribution in [-0.2, 0) is 9.59 Å². The molecule has 1 fully saturated rings. The van der Waals surface area contributed by atoms with Gasteiger partial charge in [0.1, 0.15) is 0 Å². The zero-order valence-corrected chi connectivity index (χ0v) is 16.7. The highest BCUT2D eigenvalue weighted by molar-refractivity contribution is 6.03. The fourth-order valence-electron chi connectivity index (χ4n) is 3.28. The lowest BCUT2D eigenvalue weighted by molar-refractivity contribution is -0.117. The number of hydrogen-bond donors (Lipinski definition) is 2. The van der Waals surface area contributed by atoms with Gasteiger partial charge in [0.2, 0.25) is 11.8 Å². The molecule has 3 amide bonds. The molecule has 1 aliphatic rings. The van der Waals surface area contributed by atoms with Gasteiger partial charge in [-0.15, -0.1) is 0 Å². The number of rotatable bonds is 6. The van der Waals surface area contributed by atoms with Crippen molar-refractivity contribution in [2.75, 3.05) is 22.1 Å². The second-order valence-corrected chi connectivity index (χ2v) is 7.07. The minimum atomic E-state index is -0.343. The number of anilines is 3. The molecule has 0 aliphatic carbocycles. The van der Waals surface area contributed by atoms with E-state index in [1.165, 1.54) is 12.3 Å². The number of nitrogens with zero attached hydrogens (tertiary/aromatic N) is 1. The molecule has 0 spiro atoms. The third-order valence-corrected chi connectivity index (χ3v) is 4.86. The topological polar surface area (TPSA) is 91.7 Å². The molecule has 0 radical (unpaired) electrons. The standard InChI is InChI=1S/C24H21N3O4/c28-22(14-7-17-5-12-20(13-6-17)27-15-1-4-23(27)29)25-18-8-10-19(11-9-18)26-24(30)21-3-2-16-31-21/h2-3,5-14,16H,1,4,15H2,(H,25,28)(H,26,30)/b14-7+. The van der Waals surface area contributed by atoms with E-state index in [-0.39, 0.29) is 23.5 Å². The molecular formula is C24H21N3O4. The third kappa shape index (κ3) is 5.08. The summed E-state index contributed by atoms with van der Waals surface area (Å²) >= 11 is 0. The van der Waals surface area contributed by atoms with Gasteiger partial charge < -0.3 is 20.0 Å². The molecule has 0 bridgehead atoms. The first-order valence-electron chi connectivity index (χ1n) is 9.93.